The van der Waals surface area contributed by atoms with E-state index in [0.29, 0.717) is 13.1 Å². The molecule has 0 spiro atoms. The Morgan fingerprint density at radius 1 is 1.15 bits per heavy atom. The van der Waals surface area contributed by atoms with E-state index in [1.807, 2.05) is 42.5 Å². The quantitative estimate of drug-likeness (QED) is 0.883. The first-order chi connectivity index (χ1) is 9.74. The van der Waals surface area contributed by atoms with Crippen LogP contribution in [0.3, 0.4) is 0 Å². The zero-order chi connectivity index (χ0) is 14.2. The van der Waals surface area contributed by atoms with Gasteiger partial charge in [0.05, 0.1) is 12.2 Å². The fraction of sp³-hybridized carbons (Fsp3) is 0.200. The molecule has 0 bridgehead atoms. The smallest absolute Gasteiger partial charge is 0.315 e. The van der Waals surface area contributed by atoms with Crippen LogP contribution >= 0.6 is 15.9 Å². The molecule has 0 aliphatic heterocycles. The number of amides is 2. The number of nitrogens with one attached hydrogen (secondary N) is 2. The number of hydrogen-bond acceptors (Lipinski definition) is 2. The lowest BCUT2D eigenvalue weighted by Crippen LogP contribution is -2.36. The Labute approximate surface area is 126 Å². The highest BCUT2D eigenvalue weighted by atomic mass is 79.9. The summed E-state index contributed by atoms with van der Waals surface area (Å²) in [4.78, 5) is 15.8. The Morgan fingerprint density at radius 3 is 2.80 bits per heavy atom. The second kappa shape index (κ2) is 7.65. The van der Waals surface area contributed by atoms with E-state index in [4.69, 9.17) is 0 Å². The molecule has 0 unspecified atom stereocenters. The van der Waals surface area contributed by atoms with Crippen LogP contribution in [0.4, 0.5) is 4.79 Å². The Morgan fingerprint density at radius 2 is 2.05 bits per heavy atom. The van der Waals surface area contributed by atoms with Crippen molar-refractivity contribution in [3.8, 4) is 0 Å². The Bertz CT molecular complexity index is 560. The summed E-state index contributed by atoms with van der Waals surface area (Å²) < 4.78 is 1.05. The van der Waals surface area contributed by atoms with E-state index in [-0.39, 0.29) is 6.03 Å². The maximum absolute atomic E-state index is 11.6. The van der Waals surface area contributed by atoms with Crippen molar-refractivity contribution in [2.45, 2.75) is 13.0 Å². The van der Waals surface area contributed by atoms with Crippen molar-refractivity contribution in [1.82, 2.24) is 15.6 Å². The summed E-state index contributed by atoms with van der Waals surface area (Å²) >= 11 is 3.43. The van der Waals surface area contributed by atoms with Gasteiger partial charge in [0.25, 0.3) is 0 Å². The number of carbonyl (C=O) groups excluding carboxylic acids is 1. The van der Waals surface area contributed by atoms with Gasteiger partial charge in [-0.15, -0.1) is 0 Å². The lowest BCUT2D eigenvalue weighted by atomic mass is 10.1. The molecule has 4 nitrogen and oxygen atoms in total. The Hall–Kier alpha value is -1.88. The first kappa shape index (κ1) is 14.5. The molecule has 5 heteroatoms. The lowest BCUT2D eigenvalue weighted by Gasteiger charge is -2.07. The number of pyridine rings is 1. The van der Waals surface area contributed by atoms with E-state index in [9.17, 15) is 4.79 Å². The van der Waals surface area contributed by atoms with Crippen LogP contribution in [0.1, 0.15) is 11.3 Å². The standard InChI is InChI=1S/C15H16BrN3O/c16-13-5-3-4-12(10-13)7-9-18-15(20)19-11-14-6-1-2-8-17-14/h1-6,8,10H,7,9,11H2,(H2,18,19,20). The molecule has 104 valence electrons. The van der Waals surface area contributed by atoms with E-state index in [2.05, 4.69) is 31.5 Å². The molecule has 0 atom stereocenters. The minimum Gasteiger partial charge on any atom is -0.338 e. The van der Waals surface area contributed by atoms with Gasteiger partial charge in [-0.25, -0.2) is 4.79 Å². The summed E-state index contributed by atoms with van der Waals surface area (Å²) in [5.74, 6) is 0. The van der Waals surface area contributed by atoms with Gasteiger partial charge in [-0.05, 0) is 36.2 Å². The number of benzene rings is 1. The number of aromatic nitrogens is 1. The predicted octanol–water partition coefficient (Wildman–Crippen LogP) is 2.89. The van der Waals surface area contributed by atoms with Crippen molar-refractivity contribution in [3.63, 3.8) is 0 Å². The molecular weight excluding hydrogens is 318 g/mol. The van der Waals surface area contributed by atoms with Gasteiger partial charge in [0.2, 0.25) is 0 Å². The van der Waals surface area contributed by atoms with E-state index < -0.39 is 0 Å². The molecule has 0 aliphatic carbocycles. The van der Waals surface area contributed by atoms with Crippen LogP contribution < -0.4 is 10.6 Å². The summed E-state index contributed by atoms with van der Waals surface area (Å²) in [6, 6.07) is 13.5. The van der Waals surface area contributed by atoms with Crippen molar-refractivity contribution in [1.29, 1.82) is 0 Å². The Kier molecular flexibility index (Phi) is 5.55. The van der Waals surface area contributed by atoms with E-state index in [1.165, 1.54) is 5.56 Å². The van der Waals surface area contributed by atoms with Crippen molar-refractivity contribution in [2.75, 3.05) is 6.54 Å². The van der Waals surface area contributed by atoms with Gasteiger partial charge < -0.3 is 10.6 Å². The van der Waals surface area contributed by atoms with Crippen molar-refractivity contribution in [2.24, 2.45) is 0 Å². The number of carbonyl (C=O) groups is 1. The van der Waals surface area contributed by atoms with E-state index in [1.54, 1.807) is 6.20 Å². The van der Waals surface area contributed by atoms with E-state index in [0.717, 1.165) is 16.6 Å². The molecule has 1 heterocycles. The van der Waals surface area contributed by atoms with Crippen LogP contribution in [-0.2, 0) is 13.0 Å². The zero-order valence-electron chi connectivity index (χ0n) is 11.0. The van der Waals surface area contributed by atoms with Gasteiger partial charge in [-0.2, -0.15) is 0 Å². The largest absolute Gasteiger partial charge is 0.338 e. The summed E-state index contributed by atoms with van der Waals surface area (Å²) in [7, 11) is 0. The van der Waals surface area contributed by atoms with Gasteiger partial charge in [0.1, 0.15) is 0 Å². The average Bonchev–Trinajstić information content (AvgIpc) is 2.46. The van der Waals surface area contributed by atoms with Gasteiger partial charge >= 0.3 is 6.03 Å². The van der Waals surface area contributed by atoms with Crippen LogP contribution in [0.5, 0.6) is 0 Å². The van der Waals surface area contributed by atoms with Crippen molar-refractivity contribution < 1.29 is 4.79 Å². The molecule has 2 N–H and O–H groups in total. The van der Waals surface area contributed by atoms with Crippen LogP contribution in [0.15, 0.2) is 53.1 Å². The molecule has 0 radical (unpaired) electrons. The fourth-order valence-corrected chi connectivity index (χ4v) is 2.20. The minimum atomic E-state index is -0.175. The second-order valence-electron chi connectivity index (χ2n) is 4.31. The fourth-order valence-electron chi connectivity index (χ4n) is 1.75. The molecule has 2 rings (SSSR count). The minimum absolute atomic E-state index is 0.175. The van der Waals surface area contributed by atoms with Crippen molar-refractivity contribution >= 4 is 22.0 Å². The Balaban J connectivity index is 1.68. The third-order valence-corrected chi connectivity index (χ3v) is 3.24. The van der Waals surface area contributed by atoms with Crippen LogP contribution in [0.25, 0.3) is 0 Å². The summed E-state index contributed by atoms with van der Waals surface area (Å²) in [5.41, 5.74) is 2.03. The zero-order valence-corrected chi connectivity index (χ0v) is 12.6. The summed E-state index contributed by atoms with van der Waals surface area (Å²) in [5, 5.41) is 5.60. The number of urea groups is 1. The molecule has 2 aromatic rings. The lowest BCUT2D eigenvalue weighted by molar-refractivity contribution is 0.240. The first-order valence-corrected chi connectivity index (χ1v) is 7.19. The summed E-state index contributed by atoms with van der Waals surface area (Å²) in [6.07, 6.45) is 2.51. The average molecular weight is 334 g/mol. The molecular formula is C15H16BrN3O. The molecule has 1 aromatic heterocycles. The van der Waals surface area contributed by atoms with Gasteiger partial charge in [0.15, 0.2) is 0 Å². The maximum atomic E-state index is 11.6. The molecule has 2 amide bonds. The number of nitrogens with zero attached hydrogens (tertiary/aromatic N) is 1. The molecule has 0 fully saturated rings. The van der Waals surface area contributed by atoms with Gasteiger partial charge in [-0.3, -0.25) is 4.98 Å². The third kappa shape index (κ3) is 5.01. The molecule has 20 heavy (non-hydrogen) atoms. The van der Waals surface area contributed by atoms with Crippen LogP contribution in [0.2, 0.25) is 0 Å². The monoisotopic (exact) mass is 333 g/mol. The SMILES string of the molecule is O=C(NCCc1cccc(Br)c1)NCc1ccccn1. The third-order valence-electron chi connectivity index (χ3n) is 2.74. The van der Waals surface area contributed by atoms with Gasteiger partial charge in [-0.1, -0.05) is 34.1 Å². The van der Waals surface area contributed by atoms with Gasteiger partial charge in [0, 0.05) is 17.2 Å². The highest BCUT2D eigenvalue weighted by molar-refractivity contribution is 9.10. The molecule has 0 saturated heterocycles. The number of rotatable bonds is 5. The topological polar surface area (TPSA) is 54.0 Å². The van der Waals surface area contributed by atoms with Crippen molar-refractivity contribution in [3.05, 3.63) is 64.4 Å². The summed E-state index contributed by atoms with van der Waals surface area (Å²) in [6.45, 7) is 1.04. The highest BCUT2D eigenvalue weighted by Crippen LogP contribution is 2.11. The predicted molar refractivity (Wildman–Crippen MR) is 82.3 cm³/mol. The molecule has 0 saturated carbocycles. The van der Waals surface area contributed by atoms with E-state index >= 15 is 0 Å². The normalized spacial score (nSPS) is 10.1. The molecule has 1 aromatic carbocycles. The second-order valence-corrected chi connectivity index (χ2v) is 5.23. The molecule has 0 aliphatic rings. The van der Waals surface area contributed by atoms with Crippen LogP contribution in [-0.4, -0.2) is 17.6 Å². The first-order valence-electron chi connectivity index (χ1n) is 6.40. The van der Waals surface area contributed by atoms with Crippen LogP contribution in [0, 0.1) is 0 Å². The maximum Gasteiger partial charge on any atom is 0.315 e. The highest BCUT2D eigenvalue weighted by Gasteiger charge is 2.01. The number of hydrogen-bond donors (Lipinski definition) is 2. The number of halogens is 1.